The van der Waals surface area contributed by atoms with Gasteiger partial charge in [-0.3, -0.25) is 9.59 Å². The first-order chi connectivity index (χ1) is 20.4. The van der Waals surface area contributed by atoms with Gasteiger partial charge in [-0.25, -0.2) is 4.79 Å². The van der Waals surface area contributed by atoms with Gasteiger partial charge in [-0.2, -0.15) is 0 Å². The lowest BCUT2D eigenvalue weighted by Gasteiger charge is -2.31. The zero-order valence-corrected chi connectivity index (χ0v) is 24.5. The number of hydrogen-bond acceptors (Lipinski definition) is 4. The van der Waals surface area contributed by atoms with Crippen LogP contribution in [0.3, 0.4) is 0 Å². The third-order valence-electron chi connectivity index (χ3n) is 9.63. The minimum Gasteiger partial charge on any atom is -0.465 e. The van der Waals surface area contributed by atoms with Crippen LogP contribution in [-0.2, 0) is 28.8 Å². The van der Waals surface area contributed by atoms with Crippen LogP contribution in [0.15, 0.2) is 84.5 Å². The number of carbonyl (C=O) groups excluding carboxylic acids is 3. The zero-order chi connectivity index (χ0) is 29.2. The molecule has 1 atom stereocenters. The molecule has 3 aromatic carbocycles. The van der Waals surface area contributed by atoms with E-state index in [0.717, 1.165) is 47.9 Å². The Bertz CT molecular complexity index is 1610. The lowest BCUT2D eigenvalue weighted by atomic mass is 9.73. The number of carbonyl (C=O) groups is 3. The molecule has 0 bridgehead atoms. The first kappa shape index (κ1) is 28.1. The summed E-state index contributed by atoms with van der Waals surface area (Å²) in [7, 11) is 1.38. The van der Waals surface area contributed by atoms with Gasteiger partial charge < -0.3 is 4.74 Å². The Morgan fingerprint density at radius 3 is 2.26 bits per heavy atom. The highest BCUT2D eigenvalue weighted by Crippen LogP contribution is 2.43. The number of ether oxygens (including phenoxy) is 1. The van der Waals surface area contributed by atoms with E-state index in [1.165, 1.54) is 23.8 Å². The van der Waals surface area contributed by atoms with E-state index in [9.17, 15) is 14.4 Å². The van der Waals surface area contributed by atoms with Gasteiger partial charge in [0.2, 0.25) is 0 Å². The van der Waals surface area contributed by atoms with Gasteiger partial charge in [0.1, 0.15) is 0 Å². The van der Waals surface area contributed by atoms with Crippen molar-refractivity contribution in [2.75, 3.05) is 7.11 Å². The number of Topliss-reactive ketones (excluding diaryl/α,β-unsaturated/α-hetero) is 2. The average Bonchev–Trinajstić information content (AvgIpc) is 3.71. The quantitative estimate of drug-likeness (QED) is 0.206. The molecule has 0 radical (unpaired) electrons. The van der Waals surface area contributed by atoms with Crippen molar-refractivity contribution >= 4 is 17.5 Å². The fraction of sp³-hybridized carbons (Fsp3) is 0.342. The summed E-state index contributed by atoms with van der Waals surface area (Å²) < 4.78 is 4.87. The number of hydrogen-bond donors (Lipinski definition) is 0. The van der Waals surface area contributed by atoms with Gasteiger partial charge in [0.05, 0.1) is 12.7 Å². The number of aryl methyl sites for hydroxylation is 1. The number of methoxy groups -OCH3 is 1. The first-order valence-electron chi connectivity index (χ1n) is 15.2. The van der Waals surface area contributed by atoms with Crippen molar-refractivity contribution in [2.45, 2.75) is 70.1 Å². The van der Waals surface area contributed by atoms with Gasteiger partial charge >= 0.3 is 5.97 Å². The molecule has 0 heterocycles. The van der Waals surface area contributed by atoms with Crippen molar-refractivity contribution in [3.8, 4) is 0 Å². The fourth-order valence-electron chi connectivity index (χ4n) is 7.30. The van der Waals surface area contributed by atoms with Gasteiger partial charge in [0.25, 0.3) is 0 Å². The second-order valence-electron chi connectivity index (χ2n) is 12.2. The summed E-state index contributed by atoms with van der Waals surface area (Å²) in [5.74, 6) is 0.679. The number of esters is 1. The van der Waals surface area contributed by atoms with E-state index in [2.05, 4.69) is 37.3 Å². The molecule has 0 spiro atoms. The van der Waals surface area contributed by atoms with E-state index in [0.29, 0.717) is 48.6 Å². The summed E-state index contributed by atoms with van der Waals surface area (Å²) >= 11 is 0. The maximum atomic E-state index is 13.8. The van der Waals surface area contributed by atoms with Gasteiger partial charge in [-0.05, 0) is 121 Å². The summed E-state index contributed by atoms with van der Waals surface area (Å²) in [6, 6.07) is 20.4. The van der Waals surface area contributed by atoms with E-state index in [1.807, 2.05) is 42.5 Å². The van der Waals surface area contributed by atoms with Gasteiger partial charge in [-0.15, -0.1) is 0 Å². The third-order valence-corrected chi connectivity index (χ3v) is 9.63. The summed E-state index contributed by atoms with van der Waals surface area (Å²) in [5, 5.41) is 0. The molecule has 0 saturated heterocycles. The highest BCUT2D eigenvalue weighted by atomic mass is 16.5. The van der Waals surface area contributed by atoms with Crippen LogP contribution in [-0.4, -0.2) is 24.6 Å². The topological polar surface area (TPSA) is 60.4 Å². The molecule has 3 aliphatic rings. The molecule has 42 heavy (non-hydrogen) atoms. The molecule has 0 amide bonds. The lowest BCUT2D eigenvalue weighted by Crippen LogP contribution is -2.18. The van der Waals surface area contributed by atoms with Crippen LogP contribution in [0, 0.1) is 12.8 Å². The van der Waals surface area contributed by atoms with Crippen molar-refractivity contribution in [2.24, 2.45) is 5.92 Å². The second kappa shape index (κ2) is 12.1. The Labute approximate surface area is 250 Å². The van der Waals surface area contributed by atoms with Crippen molar-refractivity contribution in [3.05, 3.63) is 129 Å². The van der Waals surface area contributed by atoms with E-state index in [1.54, 1.807) is 6.07 Å². The number of ketones is 2. The van der Waals surface area contributed by atoms with Gasteiger partial charge in [0.15, 0.2) is 11.6 Å². The summed E-state index contributed by atoms with van der Waals surface area (Å²) in [4.78, 5) is 39.1. The highest BCUT2D eigenvalue weighted by Gasteiger charge is 2.31. The summed E-state index contributed by atoms with van der Waals surface area (Å²) in [5.41, 5.74) is 9.24. The minimum atomic E-state index is -0.363. The molecule has 216 valence electrons. The Balaban J connectivity index is 0.00000368. The zero-order valence-electron chi connectivity index (χ0n) is 24.5. The van der Waals surface area contributed by atoms with Crippen LogP contribution in [0.2, 0.25) is 0 Å². The molecule has 4 nitrogen and oxygen atoms in total. The maximum absolute atomic E-state index is 13.8. The normalized spacial score (nSPS) is 21.1. The molecule has 1 fully saturated rings. The van der Waals surface area contributed by atoms with E-state index in [4.69, 9.17) is 4.74 Å². The Hall–Kier alpha value is -4.05. The molecule has 3 aliphatic carbocycles. The van der Waals surface area contributed by atoms with Crippen LogP contribution in [0.25, 0.3) is 0 Å². The Morgan fingerprint density at radius 2 is 1.55 bits per heavy atom. The van der Waals surface area contributed by atoms with Crippen molar-refractivity contribution < 1.29 is 20.5 Å². The largest absolute Gasteiger partial charge is 0.465 e. The molecule has 6 rings (SSSR count). The van der Waals surface area contributed by atoms with E-state index >= 15 is 0 Å². The van der Waals surface area contributed by atoms with Crippen molar-refractivity contribution in [3.63, 3.8) is 0 Å². The molecular weight excluding hydrogens is 520 g/mol. The number of allylic oxidation sites excluding steroid dienone is 4. The summed E-state index contributed by atoms with van der Waals surface area (Å²) in [6.45, 7) is 2.20. The Kier molecular flexibility index (Phi) is 8.06. The van der Waals surface area contributed by atoms with E-state index < -0.39 is 0 Å². The lowest BCUT2D eigenvalue weighted by molar-refractivity contribution is -0.115. The molecule has 0 N–H and O–H groups in total. The third kappa shape index (κ3) is 5.68. The van der Waals surface area contributed by atoms with Crippen LogP contribution in [0.5, 0.6) is 0 Å². The van der Waals surface area contributed by atoms with Crippen LogP contribution < -0.4 is 0 Å². The van der Waals surface area contributed by atoms with Crippen LogP contribution >= 0.6 is 0 Å². The molecular formula is C38H40O4. The van der Waals surface area contributed by atoms with Crippen LogP contribution in [0.4, 0.5) is 0 Å². The first-order valence-corrected chi connectivity index (χ1v) is 15.2. The van der Waals surface area contributed by atoms with Crippen molar-refractivity contribution in [1.29, 1.82) is 0 Å². The standard InChI is InChI=1S/C38H38O4.H2/c1-24-7-3-6-10-34(24)25-11-13-26(14-12-25)35-18-17-29(20-32(35)23-36(39)27-8-4-5-9-27)37(40)33-19-28-15-16-30(38(41)42-2)21-31(28)22-33;/h3-8,10,15-18,20-21,25-26,33H,9,11-14,19,22-23H2,1-2H3;1H. The molecule has 0 aromatic heterocycles. The molecule has 3 aromatic rings. The fourth-order valence-corrected chi connectivity index (χ4v) is 7.30. The molecule has 1 unspecified atom stereocenters. The highest BCUT2D eigenvalue weighted by molar-refractivity contribution is 6.01. The predicted molar refractivity (Wildman–Crippen MR) is 167 cm³/mol. The van der Waals surface area contributed by atoms with Crippen LogP contribution in [0.1, 0.15) is 99.5 Å². The molecule has 4 heteroatoms. The maximum Gasteiger partial charge on any atom is 0.337 e. The molecule has 1 saturated carbocycles. The monoisotopic (exact) mass is 560 g/mol. The Morgan fingerprint density at radius 1 is 0.833 bits per heavy atom. The minimum absolute atomic E-state index is 0. The number of fused-ring (bicyclic) bond motifs is 1. The molecule has 0 aliphatic heterocycles. The summed E-state index contributed by atoms with van der Waals surface area (Å²) in [6.07, 6.45) is 12.6. The smallest absolute Gasteiger partial charge is 0.337 e. The number of benzene rings is 3. The average molecular weight is 561 g/mol. The predicted octanol–water partition coefficient (Wildman–Crippen LogP) is 8.06. The van der Waals surface area contributed by atoms with Crippen molar-refractivity contribution in [1.82, 2.24) is 0 Å². The van der Waals surface area contributed by atoms with E-state index in [-0.39, 0.29) is 24.9 Å². The van der Waals surface area contributed by atoms with Gasteiger partial charge in [0, 0.05) is 19.3 Å². The SMILES string of the molecule is COC(=O)c1ccc2c(c1)CC(C(=O)c1ccc(C3CCC(c4ccccc4C)CC3)c(CC(=O)C3=CC=CC3)c1)C2.[HH]. The second-order valence-corrected chi connectivity index (χ2v) is 12.2. The number of rotatable bonds is 8. The van der Waals surface area contributed by atoms with Gasteiger partial charge in [-0.1, -0.05) is 60.7 Å².